The maximum absolute atomic E-state index is 12.7. The van der Waals surface area contributed by atoms with Gasteiger partial charge in [-0.3, -0.25) is 10.1 Å². The van der Waals surface area contributed by atoms with Gasteiger partial charge in [0.15, 0.2) is 5.11 Å². The molecule has 2 aromatic rings. The third-order valence-corrected chi connectivity index (χ3v) is 4.01. The minimum Gasteiger partial charge on any atom is -0.494 e. The molecule has 0 aliphatic heterocycles. The normalized spacial score (nSPS) is 11.0. The number of carbonyl (C=O) groups is 1. The highest BCUT2D eigenvalue weighted by Gasteiger charge is 2.30. The van der Waals surface area contributed by atoms with Gasteiger partial charge in [0, 0.05) is 11.3 Å². The molecule has 0 aromatic heterocycles. The summed E-state index contributed by atoms with van der Waals surface area (Å²) in [5, 5.41) is 5.17. The second-order valence-corrected chi connectivity index (χ2v) is 6.48. The molecular formula is C20H21F3N2O2S. The van der Waals surface area contributed by atoms with Crippen LogP contribution >= 0.6 is 12.2 Å². The molecular weight excluding hydrogens is 389 g/mol. The molecule has 0 saturated heterocycles. The number of anilines is 1. The van der Waals surface area contributed by atoms with Gasteiger partial charge in [0.2, 0.25) is 0 Å². The molecule has 0 aliphatic carbocycles. The first-order valence-electron chi connectivity index (χ1n) is 8.82. The van der Waals surface area contributed by atoms with Gasteiger partial charge in [-0.1, -0.05) is 25.8 Å². The number of carbonyl (C=O) groups excluding carboxylic acids is 1. The highest BCUT2D eigenvalue weighted by molar-refractivity contribution is 7.80. The molecule has 8 heteroatoms. The lowest BCUT2D eigenvalue weighted by molar-refractivity contribution is -0.137. The smallest absolute Gasteiger partial charge is 0.416 e. The number of hydrogen-bond acceptors (Lipinski definition) is 3. The average molecular weight is 410 g/mol. The predicted molar refractivity (Wildman–Crippen MR) is 107 cm³/mol. The lowest BCUT2D eigenvalue weighted by atomic mass is 10.1. The summed E-state index contributed by atoms with van der Waals surface area (Å²) in [4.78, 5) is 12.1. The Balaban J connectivity index is 1.89. The van der Waals surface area contributed by atoms with E-state index in [2.05, 4.69) is 17.6 Å². The Kier molecular flexibility index (Phi) is 7.80. The molecule has 0 aliphatic rings. The van der Waals surface area contributed by atoms with Crippen LogP contribution in [-0.4, -0.2) is 17.6 Å². The van der Waals surface area contributed by atoms with E-state index in [1.54, 1.807) is 24.3 Å². The summed E-state index contributed by atoms with van der Waals surface area (Å²) in [7, 11) is 0. The number of ether oxygens (including phenoxy) is 1. The standard InChI is InChI=1S/C20H21F3N2O2S/c1-2-3-4-12-27-17-10-8-16(9-11-17)24-19(28)25-18(26)14-6-5-7-15(13-14)20(21,22)23/h5-11,13H,2-4,12H2,1H3,(H2,24,25,26,28). The number of benzene rings is 2. The maximum atomic E-state index is 12.7. The summed E-state index contributed by atoms with van der Waals surface area (Å²) in [6.07, 6.45) is -1.30. The van der Waals surface area contributed by atoms with E-state index in [9.17, 15) is 18.0 Å². The van der Waals surface area contributed by atoms with Gasteiger partial charge in [0.05, 0.1) is 12.2 Å². The second-order valence-electron chi connectivity index (χ2n) is 6.07. The SMILES string of the molecule is CCCCCOc1ccc(NC(=S)NC(=O)c2cccc(C(F)(F)F)c2)cc1. The van der Waals surface area contributed by atoms with Crippen LogP contribution in [0.1, 0.15) is 42.1 Å². The quantitative estimate of drug-likeness (QED) is 0.474. The maximum Gasteiger partial charge on any atom is 0.416 e. The van der Waals surface area contributed by atoms with Crippen molar-refractivity contribution in [2.45, 2.75) is 32.4 Å². The van der Waals surface area contributed by atoms with Crippen LogP contribution in [0.25, 0.3) is 0 Å². The van der Waals surface area contributed by atoms with Crippen molar-refractivity contribution in [1.82, 2.24) is 5.32 Å². The number of amides is 1. The number of thiocarbonyl (C=S) groups is 1. The summed E-state index contributed by atoms with van der Waals surface area (Å²) in [6, 6.07) is 11.2. The molecule has 4 nitrogen and oxygen atoms in total. The van der Waals surface area contributed by atoms with Gasteiger partial charge >= 0.3 is 6.18 Å². The molecule has 2 rings (SSSR count). The van der Waals surface area contributed by atoms with Gasteiger partial charge in [-0.2, -0.15) is 13.2 Å². The van der Waals surface area contributed by atoms with E-state index >= 15 is 0 Å². The molecule has 0 unspecified atom stereocenters. The minimum atomic E-state index is -4.52. The van der Waals surface area contributed by atoms with Crippen molar-refractivity contribution < 1.29 is 22.7 Å². The Labute approximate surface area is 167 Å². The Hall–Kier alpha value is -2.61. The third-order valence-electron chi connectivity index (χ3n) is 3.81. The van der Waals surface area contributed by atoms with E-state index in [1.807, 2.05) is 0 Å². The molecule has 0 bridgehead atoms. The van der Waals surface area contributed by atoms with Gasteiger partial charge in [-0.05, 0) is 61.1 Å². The molecule has 150 valence electrons. The number of nitrogens with one attached hydrogen (secondary N) is 2. The Bertz CT molecular complexity index is 808. The molecule has 0 atom stereocenters. The van der Waals surface area contributed by atoms with Crippen molar-refractivity contribution in [2.24, 2.45) is 0 Å². The Morgan fingerprint density at radius 2 is 1.82 bits per heavy atom. The molecule has 0 fully saturated rings. The average Bonchev–Trinajstić information content (AvgIpc) is 2.66. The monoisotopic (exact) mass is 410 g/mol. The zero-order valence-corrected chi connectivity index (χ0v) is 16.1. The van der Waals surface area contributed by atoms with Crippen molar-refractivity contribution in [1.29, 1.82) is 0 Å². The molecule has 2 aromatic carbocycles. The molecule has 1 amide bonds. The summed E-state index contributed by atoms with van der Waals surface area (Å²) in [6.45, 7) is 2.77. The number of hydrogen-bond donors (Lipinski definition) is 2. The first-order valence-corrected chi connectivity index (χ1v) is 9.23. The molecule has 0 saturated carbocycles. The van der Waals surface area contributed by atoms with Gasteiger partial charge in [0.1, 0.15) is 5.75 Å². The number of halogens is 3. The van der Waals surface area contributed by atoms with Crippen LogP contribution in [0, 0.1) is 0 Å². The Morgan fingerprint density at radius 1 is 1.11 bits per heavy atom. The molecule has 0 spiro atoms. The molecule has 28 heavy (non-hydrogen) atoms. The van der Waals surface area contributed by atoms with E-state index in [0.29, 0.717) is 12.3 Å². The Morgan fingerprint density at radius 3 is 2.46 bits per heavy atom. The van der Waals surface area contributed by atoms with E-state index < -0.39 is 17.6 Å². The fourth-order valence-electron chi connectivity index (χ4n) is 2.35. The molecule has 2 N–H and O–H groups in total. The van der Waals surface area contributed by atoms with E-state index in [1.165, 1.54) is 12.1 Å². The molecule has 0 heterocycles. The lowest BCUT2D eigenvalue weighted by Crippen LogP contribution is -2.34. The van der Waals surface area contributed by atoms with E-state index in [-0.39, 0.29) is 10.7 Å². The van der Waals surface area contributed by atoms with Crippen molar-refractivity contribution >= 4 is 28.9 Å². The summed E-state index contributed by atoms with van der Waals surface area (Å²) >= 11 is 5.05. The third kappa shape index (κ3) is 6.84. The molecule has 0 radical (unpaired) electrons. The minimum absolute atomic E-state index is 0.0148. The van der Waals surface area contributed by atoms with Gasteiger partial charge in [0.25, 0.3) is 5.91 Å². The summed E-state index contributed by atoms with van der Waals surface area (Å²) in [5.74, 6) is 0.0000466. The van der Waals surface area contributed by atoms with Gasteiger partial charge in [-0.25, -0.2) is 0 Å². The highest BCUT2D eigenvalue weighted by atomic mass is 32.1. The van der Waals surface area contributed by atoms with E-state index in [0.717, 1.165) is 37.1 Å². The number of rotatable bonds is 7. The first kappa shape index (κ1) is 21.7. The van der Waals surface area contributed by atoms with Gasteiger partial charge in [-0.15, -0.1) is 0 Å². The van der Waals surface area contributed by atoms with Crippen molar-refractivity contribution in [3.8, 4) is 5.75 Å². The fourth-order valence-corrected chi connectivity index (χ4v) is 2.56. The van der Waals surface area contributed by atoms with Crippen LogP contribution in [0.3, 0.4) is 0 Å². The lowest BCUT2D eigenvalue weighted by Gasteiger charge is -2.12. The van der Waals surface area contributed by atoms with Crippen LogP contribution in [0.5, 0.6) is 5.75 Å². The van der Waals surface area contributed by atoms with Crippen molar-refractivity contribution in [2.75, 3.05) is 11.9 Å². The number of alkyl halides is 3. The summed E-state index contributed by atoms with van der Waals surface area (Å²) in [5.41, 5.74) is -0.404. The summed E-state index contributed by atoms with van der Waals surface area (Å²) < 4.78 is 43.9. The largest absolute Gasteiger partial charge is 0.494 e. The van der Waals surface area contributed by atoms with Crippen LogP contribution in [0.4, 0.5) is 18.9 Å². The van der Waals surface area contributed by atoms with Crippen LogP contribution in [0.15, 0.2) is 48.5 Å². The van der Waals surface area contributed by atoms with Crippen molar-refractivity contribution in [3.63, 3.8) is 0 Å². The topological polar surface area (TPSA) is 50.4 Å². The fraction of sp³-hybridized carbons (Fsp3) is 0.300. The van der Waals surface area contributed by atoms with Crippen LogP contribution < -0.4 is 15.4 Å². The predicted octanol–water partition coefficient (Wildman–Crippen LogP) is 5.40. The van der Waals surface area contributed by atoms with E-state index in [4.69, 9.17) is 17.0 Å². The second kappa shape index (κ2) is 10.1. The zero-order chi connectivity index (χ0) is 20.6. The zero-order valence-electron chi connectivity index (χ0n) is 15.3. The van der Waals surface area contributed by atoms with Crippen molar-refractivity contribution in [3.05, 3.63) is 59.7 Å². The van der Waals surface area contributed by atoms with Gasteiger partial charge < -0.3 is 10.1 Å². The highest BCUT2D eigenvalue weighted by Crippen LogP contribution is 2.29. The van der Waals surface area contributed by atoms with Crippen LogP contribution in [-0.2, 0) is 6.18 Å². The first-order chi connectivity index (χ1) is 13.3. The van der Waals surface area contributed by atoms with Crippen LogP contribution in [0.2, 0.25) is 0 Å². The number of unbranched alkanes of at least 4 members (excludes halogenated alkanes) is 2.